The Kier molecular flexibility index (Phi) is 4.22. The average molecular weight is 315 g/mol. The molecule has 0 saturated carbocycles. The van der Waals surface area contributed by atoms with Crippen LogP contribution >= 0.6 is 11.6 Å². The number of anilines is 1. The minimum atomic E-state index is -0.494. The zero-order valence-electron chi connectivity index (χ0n) is 11.8. The summed E-state index contributed by atoms with van der Waals surface area (Å²) in [7, 11) is 0. The van der Waals surface area contributed by atoms with Crippen LogP contribution in [0.2, 0.25) is 5.02 Å². The van der Waals surface area contributed by atoms with Crippen molar-refractivity contribution in [1.29, 1.82) is 0 Å². The van der Waals surface area contributed by atoms with Crippen LogP contribution in [-0.2, 0) is 16.1 Å². The lowest BCUT2D eigenvalue weighted by atomic mass is 10.2. The minimum Gasteiger partial charge on any atom is -0.301 e. The van der Waals surface area contributed by atoms with Gasteiger partial charge >= 0.3 is 0 Å². The summed E-state index contributed by atoms with van der Waals surface area (Å²) in [6.45, 7) is 0.550. The lowest BCUT2D eigenvalue weighted by Crippen LogP contribution is -2.38. The van der Waals surface area contributed by atoms with Crippen molar-refractivity contribution in [2.75, 3.05) is 4.90 Å². The van der Waals surface area contributed by atoms with Crippen molar-refractivity contribution in [2.45, 2.75) is 19.0 Å². The van der Waals surface area contributed by atoms with Crippen LogP contribution in [0, 0.1) is 0 Å². The fourth-order valence-corrected chi connectivity index (χ4v) is 2.70. The molecule has 4 nitrogen and oxygen atoms in total. The number of rotatable bonds is 4. The van der Waals surface area contributed by atoms with Gasteiger partial charge in [-0.2, -0.15) is 0 Å². The Labute approximate surface area is 133 Å². The standard InChI is InChI=1S/C17H15ClN2O2/c18-13-7-4-8-14(9-13)20-16(21)10-15(17(20)22)19-11-12-5-2-1-3-6-12/h1-9,15,19H,10-11H2/t15-/m0/s1. The molecule has 112 valence electrons. The number of benzene rings is 2. The number of hydrogen-bond acceptors (Lipinski definition) is 3. The smallest absolute Gasteiger partial charge is 0.251 e. The van der Waals surface area contributed by atoms with Gasteiger partial charge in [0.25, 0.3) is 5.91 Å². The Bertz CT molecular complexity index is 703. The van der Waals surface area contributed by atoms with Gasteiger partial charge in [0.2, 0.25) is 5.91 Å². The van der Waals surface area contributed by atoms with Crippen LogP contribution in [0.1, 0.15) is 12.0 Å². The van der Waals surface area contributed by atoms with Crippen molar-refractivity contribution >= 4 is 29.1 Å². The highest BCUT2D eigenvalue weighted by molar-refractivity contribution is 6.31. The van der Waals surface area contributed by atoms with Gasteiger partial charge in [-0.1, -0.05) is 48.0 Å². The van der Waals surface area contributed by atoms with Crippen LogP contribution in [0.4, 0.5) is 5.69 Å². The van der Waals surface area contributed by atoms with Gasteiger partial charge in [0, 0.05) is 11.6 Å². The van der Waals surface area contributed by atoms with Crippen molar-refractivity contribution in [1.82, 2.24) is 5.32 Å². The summed E-state index contributed by atoms with van der Waals surface area (Å²) in [5, 5.41) is 3.65. The zero-order valence-corrected chi connectivity index (χ0v) is 12.6. The van der Waals surface area contributed by atoms with Gasteiger partial charge in [-0.15, -0.1) is 0 Å². The van der Waals surface area contributed by atoms with Gasteiger partial charge in [-0.25, -0.2) is 4.90 Å². The van der Waals surface area contributed by atoms with E-state index in [9.17, 15) is 9.59 Å². The molecule has 22 heavy (non-hydrogen) atoms. The number of halogens is 1. The van der Waals surface area contributed by atoms with Crippen LogP contribution in [-0.4, -0.2) is 17.9 Å². The first-order valence-electron chi connectivity index (χ1n) is 7.05. The number of carbonyl (C=O) groups is 2. The largest absolute Gasteiger partial charge is 0.301 e. The lowest BCUT2D eigenvalue weighted by Gasteiger charge is -2.15. The number of carbonyl (C=O) groups excluding carboxylic acids is 2. The first-order valence-corrected chi connectivity index (χ1v) is 7.42. The number of nitrogens with one attached hydrogen (secondary N) is 1. The van der Waals surface area contributed by atoms with Gasteiger partial charge in [0.15, 0.2) is 0 Å². The minimum absolute atomic E-state index is 0.165. The van der Waals surface area contributed by atoms with Gasteiger partial charge in [0.1, 0.15) is 0 Å². The Morgan fingerprint density at radius 2 is 1.86 bits per heavy atom. The molecule has 1 aliphatic rings. The Hall–Kier alpha value is -2.17. The summed E-state index contributed by atoms with van der Waals surface area (Å²) in [5.74, 6) is -0.443. The number of hydrogen-bond donors (Lipinski definition) is 1. The van der Waals surface area contributed by atoms with Crippen LogP contribution in [0.15, 0.2) is 54.6 Å². The highest BCUT2D eigenvalue weighted by Gasteiger charge is 2.39. The van der Waals surface area contributed by atoms with Crippen LogP contribution in [0.5, 0.6) is 0 Å². The lowest BCUT2D eigenvalue weighted by molar-refractivity contribution is -0.121. The van der Waals surface area contributed by atoms with Crippen molar-refractivity contribution in [3.05, 3.63) is 65.2 Å². The Morgan fingerprint density at radius 3 is 2.59 bits per heavy atom. The summed E-state index contributed by atoms with van der Waals surface area (Å²) >= 11 is 5.93. The third-order valence-electron chi connectivity index (χ3n) is 3.61. The summed E-state index contributed by atoms with van der Waals surface area (Å²) in [4.78, 5) is 25.8. The first kappa shape index (κ1) is 14.8. The van der Waals surface area contributed by atoms with Gasteiger partial charge in [0.05, 0.1) is 18.2 Å². The molecule has 5 heteroatoms. The van der Waals surface area contributed by atoms with E-state index in [0.717, 1.165) is 5.56 Å². The second-order valence-corrected chi connectivity index (χ2v) is 5.61. The van der Waals surface area contributed by atoms with Crippen LogP contribution < -0.4 is 10.2 Å². The summed E-state index contributed by atoms with van der Waals surface area (Å²) in [5.41, 5.74) is 1.59. The first-order chi connectivity index (χ1) is 10.6. The second-order valence-electron chi connectivity index (χ2n) is 5.17. The van der Waals surface area contributed by atoms with Gasteiger partial charge < -0.3 is 5.32 Å². The normalized spacial score (nSPS) is 18.0. The fraction of sp³-hybridized carbons (Fsp3) is 0.176. The molecule has 3 rings (SSSR count). The molecule has 1 atom stereocenters. The maximum atomic E-state index is 12.4. The fourth-order valence-electron chi connectivity index (χ4n) is 2.51. The molecule has 0 aromatic heterocycles. The van der Waals surface area contributed by atoms with E-state index in [1.165, 1.54) is 4.90 Å². The molecule has 1 N–H and O–H groups in total. The quantitative estimate of drug-likeness (QED) is 0.883. The molecule has 2 aromatic rings. The Morgan fingerprint density at radius 1 is 1.09 bits per heavy atom. The van der Waals surface area contributed by atoms with Crippen molar-refractivity contribution < 1.29 is 9.59 Å². The molecular weight excluding hydrogens is 300 g/mol. The third kappa shape index (κ3) is 3.03. The van der Waals surface area contributed by atoms with Crippen molar-refractivity contribution in [2.24, 2.45) is 0 Å². The van der Waals surface area contributed by atoms with Gasteiger partial charge in [-0.05, 0) is 23.8 Å². The summed E-state index contributed by atoms with van der Waals surface area (Å²) in [6.07, 6.45) is 0.165. The average Bonchev–Trinajstić information content (AvgIpc) is 2.80. The molecule has 0 radical (unpaired) electrons. The third-order valence-corrected chi connectivity index (χ3v) is 3.84. The number of nitrogens with zero attached hydrogens (tertiary/aromatic N) is 1. The highest BCUT2D eigenvalue weighted by atomic mass is 35.5. The van der Waals surface area contributed by atoms with E-state index >= 15 is 0 Å². The van der Waals surface area contributed by atoms with E-state index < -0.39 is 6.04 Å². The molecule has 2 amide bonds. The Balaban J connectivity index is 1.71. The predicted molar refractivity (Wildman–Crippen MR) is 85.6 cm³/mol. The molecule has 0 unspecified atom stereocenters. The predicted octanol–water partition coefficient (Wildman–Crippen LogP) is 2.76. The van der Waals surface area contributed by atoms with Gasteiger partial charge in [-0.3, -0.25) is 9.59 Å². The molecule has 2 aromatic carbocycles. The molecule has 0 bridgehead atoms. The summed E-state index contributed by atoms with van der Waals surface area (Å²) < 4.78 is 0. The monoisotopic (exact) mass is 314 g/mol. The molecule has 1 saturated heterocycles. The van der Waals surface area contributed by atoms with Crippen LogP contribution in [0.25, 0.3) is 0 Å². The molecule has 1 aliphatic heterocycles. The number of amides is 2. The SMILES string of the molecule is O=C1C[C@H](NCc2ccccc2)C(=O)N1c1cccc(Cl)c1. The maximum Gasteiger partial charge on any atom is 0.251 e. The molecule has 0 aliphatic carbocycles. The number of imide groups is 1. The van der Waals surface area contributed by atoms with E-state index in [1.807, 2.05) is 30.3 Å². The van der Waals surface area contributed by atoms with E-state index in [2.05, 4.69) is 5.32 Å². The second kappa shape index (κ2) is 6.30. The summed E-state index contributed by atoms with van der Waals surface area (Å²) in [6, 6.07) is 16.0. The van der Waals surface area contributed by atoms with E-state index in [1.54, 1.807) is 24.3 Å². The van der Waals surface area contributed by atoms with E-state index in [0.29, 0.717) is 17.3 Å². The molecule has 1 heterocycles. The molecule has 1 fully saturated rings. The van der Waals surface area contributed by atoms with Crippen molar-refractivity contribution in [3.8, 4) is 0 Å². The van der Waals surface area contributed by atoms with E-state index in [-0.39, 0.29) is 18.2 Å². The zero-order chi connectivity index (χ0) is 15.5. The van der Waals surface area contributed by atoms with E-state index in [4.69, 9.17) is 11.6 Å². The van der Waals surface area contributed by atoms with Crippen molar-refractivity contribution in [3.63, 3.8) is 0 Å². The maximum absolute atomic E-state index is 12.4. The van der Waals surface area contributed by atoms with Crippen LogP contribution in [0.3, 0.4) is 0 Å². The molecular formula is C17H15ClN2O2. The topological polar surface area (TPSA) is 49.4 Å². The highest BCUT2D eigenvalue weighted by Crippen LogP contribution is 2.25. The molecule has 0 spiro atoms.